The monoisotopic (exact) mass is 142 g/mol. The standard InChI is InChI=1S/C7H13NO2/c1-2-3-4-5-6-8-7(9)10/h5-6,8H,2-4H2,1H3,(H,9,10)/p-1/b6-5+. The van der Waals surface area contributed by atoms with E-state index >= 15 is 0 Å². The minimum atomic E-state index is -1.26. The Labute approximate surface area is 60.7 Å². The number of carbonyl (C=O) groups excluding carboxylic acids is 1. The smallest absolute Gasteiger partial charge is 0.138 e. The van der Waals surface area contributed by atoms with Crippen LogP contribution in [-0.2, 0) is 0 Å². The van der Waals surface area contributed by atoms with Gasteiger partial charge in [0, 0.05) is 0 Å². The van der Waals surface area contributed by atoms with E-state index in [0.717, 1.165) is 19.3 Å². The Morgan fingerprint density at radius 1 is 1.70 bits per heavy atom. The fourth-order valence-corrected chi connectivity index (χ4v) is 0.532. The number of hydrogen-bond donors (Lipinski definition) is 1. The van der Waals surface area contributed by atoms with Crippen LogP contribution in [0.2, 0.25) is 0 Å². The molecule has 0 bridgehead atoms. The summed E-state index contributed by atoms with van der Waals surface area (Å²) in [4.78, 5) is 9.76. The van der Waals surface area contributed by atoms with Gasteiger partial charge in [-0.1, -0.05) is 25.8 Å². The summed E-state index contributed by atoms with van der Waals surface area (Å²) in [7, 11) is 0. The summed E-state index contributed by atoms with van der Waals surface area (Å²) in [5, 5.41) is 11.8. The predicted octanol–water partition coefficient (Wildman–Crippen LogP) is 0.623. The van der Waals surface area contributed by atoms with Crippen molar-refractivity contribution in [3.8, 4) is 0 Å². The van der Waals surface area contributed by atoms with Crippen molar-refractivity contribution in [2.45, 2.75) is 26.2 Å². The van der Waals surface area contributed by atoms with Gasteiger partial charge in [-0.25, -0.2) is 0 Å². The summed E-state index contributed by atoms with van der Waals surface area (Å²) < 4.78 is 0. The molecule has 0 atom stereocenters. The summed E-state index contributed by atoms with van der Waals surface area (Å²) in [6.45, 7) is 2.08. The van der Waals surface area contributed by atoms with Crippen molar-refractivity contribution in [1.29, 1.82) is 0 Å². The highest BCUT2D eigenvalue weighted by Crippen LogP contribution is 1.93. The average Bonchev–Trinajstić information content (AvgIpc) is 1.87. The number of unbranched alkanes of at least 4 members (excludes halogenated alkanes) is 2. The number of carboxylic acid groups (broad SMARTS) is 1. The maximum atomic E-state index is 9.76. The number of rotatable bonds is 4. The van der Waals surface area contributed by atoms with Gasteiger partial charge in [0.2, 0.25) is 0 Å². The Hall–Kier alpha value is -0.990. The molecule has 3 nitrogen and oxygen atoms in total. The molecule has 1 amide bonds. The second-order valence-electron chi connectivity index (χ2n) is 1.98. The van der Waals surface area contributed by atoms with Crippen LogP contribution in [-0.4, -0.2) is 6.09 Å². The lowest BCUT2D eigenvalue weighted by Gasteiger charge is -1.97. The highest BCUT2D eigenvalue weighted by atomic mass is 16.4. The molecule has 3 heteroatoms. The van der Waals surface area contributed by atoms with Crippen LogP contribution in [0.15, 0.2) is 12.3 Å². The van der Waals surface area contributed by atoms with Gasteiger partial charge in [-0.05, 0) is 12.6 Å². The summed E-state index contributed by atoms with van der Waals surface area (Å²) in [5.41, 5.74) is 0. The zero-order chi connectivity index (χ0) is 7.82. The minimum Gasteiger partial charge on any atom is -0.530 e. The van der Waals surface area contributed by atoms with Gasteiger partial charge in [-0.2, -0.15) is 0 Å². The highest BCUT2D eigenvalue weighted by molar-refractivity contribution is 5.63. The van der Waals surface area contributed by atoms with Crippen molar-refractivity contribution in [2.75, 3.05) is 0 Å². The topological polar surface area (TPSA) is 52.2 Å². The van der Waals surface area contributed by atoms with Gasteiger partial charge in [0.25, 0.3) is 0 Å². The molecule has 0 rings (SSSR count). The van der Waals surface area contributed by atoms with Gasteiger partial charge in [0.15, 0.2) is 0 Å². The molecule has 0 aliphatic rings. The SMILES string of the molecule is CCCC/C=C/NC(=O)[O-]. The average molecular weight is 142 g/mol. The van der Waals surface area contributed by atoms with Gasteiger partial charge < -0.3 is 15.2 Å². The number of hydrogen-bond acceptors (Lipinski definition) is 2. The van der Waals surface area contributed by atoms with Crippen LogP contribution in [0.5, 0.6) is 0 Å². The fraction of sp³-hybridized carbons (Fsp3) is 0.571. The lowest BCUT2D eigenvalue weighted by atomic mass is 10.2. The molecule has 0 aliphatic heterocycles. The molecule has 1 N–H and O–H groups in total. The van der Waals surface area contributed by atoms with Crippen molar-refractivity contribution in [2.24, 2.45) is 0 Å². The van der Waals surface area contributed by atoms with E-state index in [0.29, 0.717) is 0 Å². The lowest BCUT2D eigenvalue weighted by molar-refractivity contribution is -0.249. The summed E-state index contributed by atoms with van der Waals surface area (Å²) >= 11 is 0. The van der Waals surface area contributed by atoms with Gasteiger partial charge in [-0.15, -0.1) is 0 Å². The second kappa shape index (κ2) is 6.13. The predicted molar refractivity (Wildman–Crippen MR) is 37.2 cm³/mol. The van der Waals surface area contributed by atoms with E-state index in [2.05, 4.69) is 6.92 Å². The zero-order valence-corrected chi connectivity index (χ0v) is 6.09. The van der Waals surface area contributed by atoms with E-state index in [9.17, 15) is 9.90 Å². The third-order valence-electron chi connectivity index (χ3n) is 1.04. The van der Waals surface area contributed by atoms with E-state index in [1.54, 1.807) is 6.08 Å². The molecule has 0 aromatic heterocycles. The lowest BCUT2D eigenvalue weighted by Crippen LogP contribution is -2.32. The maximum Gasteiger partial charge on any atom is 0.138 e. The molecule has 0 heterocycles. The Balaban J connectivity index is 3.12. The quantitative estimate of drug-likeness (QED) is 0.585. The van der Waals surface area contributed by atoms with E-state index in [1.807, 2.05) is 5.32 Å². The second-order valence-corrected chi connectivity index (χ2v) is 1.98. The van der Waals surface area contributed by atoms with Crippen LogP contribution >= 0.6 is 0 Å². The fourth-order valence-electron chi connectivity index (χ4n) is 0.532. The van der Waals surface area contributed by atoms with Crippen molar-refractivity contribution >= 4 is 6.09 Å². The van der Waals surface area contributed by atoms with Crippen LogP contribution < -0.4 is 10.4 Å². The zero-order valence-electron chi connectivity index (χ0n) is 6.09. The first kappa shape index (κ1) is 9.01. The van der Waals surface area contributed by atoms with Gasteiger partial charge in [0.05, 0.1) is 0 Å². The molecular weight excluding hydrogens is 130 g/mol. The first-order valence-corrected chi connectivity index (χ1v) is 3.40. The Morgan fingerprint density at radius 3 is 2.90 bits per heavy atom. The molecule has 58 valence electrons. The van der Waals surface area contributed by atoms with Crippen molar-refractivity contribution in [3.63, 3.8) is 0 Å². The van der Waals surface area contributed by atoms with Crippen molar-refractivity contribution < 1.29 is 9.90 Å². The Bertz CT molecular complexity index is 121. The molecule has 0 aromatic rings. The molecule has 0 spiro atoms. The number of nitrogens with one attached hydrogen (secondary N) is 1. The summed E-state index contributed by atoms with van der Waals surface area (Å²) in [5.74, 6) is 0. The molecule has 0 radical (unpaired) electrons. The van der Waals surface area contributed by atoms with Gasteiger partial charge in [-0.3, -0.25) is 0 Å². The van der Waals surface area contributed by atoms with Crippen LogP contribution in [0.4, 0.5) is 4.79 Å². The van der Waals surface area contributed by atoms with E-state index < -0.39 is 6.09 Å². The molecule has 0 aliphatic carbocycles. The summed E-state index contributed by atoms with van der Waals surface area (Å²) in [6.07, 6.45) is 5.04. The highest BCUT2D eigenvalue weighted by Gasteiger charge is 1.77. The Morgan fingerprint density at radius 2 is 2.40 bits per heavy atom. The molecule has 0 aromatic carbocycles. The van der Waals surface area contributed by atoms with E-state index in [-0.39, 0.29) is 0 Å². The third-order valence-corrected chi connectivity index (χ3v) is 1.04. The molecule has 10 heavy (non-hydrogen) atoms. The van der Waals surface area contributed by atoms with Crippen molar-refractivity contribution in [3.05, 3.63) is 12.3 Å². The van der Waals surface area contributed by atoms with Gasteiger partial charge in [0.1, 0.15) is 6.09 Å². The largest absolute Gasteiger partial charge is 0.530 e. The van der Waals surface area contributed by atoms with Crippen LogP contribution in [0, 0.1) is 0 Å². The first-order valence-electron chi connectivity index (χ1n) is 3.40. The number of amides is 1. The molecule has 0 unspecified atom stereocenters. The Kier molecular flexibility index (Phi) is 5.53. The van der Waals surface area contributed by atoms with Crippen molar-refractivity contribution in [1.82, 2.24) is 5.32 Å². The van der Waals surface area contributed by atoms with E-state index in [4.69, 9.17) is 0 Å². The summed E-state index contributed by atoms with van der Waals surface area (Å²) in [6, 6.07) is 0. The molecule has 0 saturated carbocycles. The first-order chi connectivity index (χ1) is 4.77. The van der Waals surface area contributed by atoms with Gasteiger partial charge >= 0.3 is 0 Å². The molecular formula is C7H12NO2-. The minimum absolute atomic E-state index is 0.913. The third kappa shape index (κ3) is 7.01. The van der Waals surface area contributed by atoms with Crippen LogP contribution in [0.25, 0.3) is 0 Å². The normalized spacial score (nSPS) is 10.1. The van der Waals surface area contributed by atoms with Crippen LogP contribution in [0.3, 0.4) is 0 Å². The van der Waals surface area contributed by atoms with E-state index in [1.165, 1.54) is 6.20 Å². The molecule has 0 fully saturated rings. The number of allylic oxidation sites excluding steroid dienone is 1. The number of carbonyl (C=O) groups is 1. The molecule has 0 saturated heterocycles. The van der Waals surface area contributed by atoms with Crippen LogP contribution in [0.1, 0.15) is 26.2 Å². The maximum absolute atomic E-state index is 9.76.